The number of rotatable bonds is 3. The van der Waals surface area contributed by atoms with Gasteiger partial charge in [0.1, 0.15) is 5.69 Å². The summed E-state index contributed by atoms with van der Waals surface area (Å²) < 4.78 is 101. The summed E-state index contributed by atoms with van der Waals surface area (Å²) in [6.07, 6.45) is -9.40. The Morgan fingerprint density at radius 2 is 1.76 bits per heavy atom. The molecule has 0 bridgehead atoms. The van der Waals surface area contributed by atoms with Crippen LogP contribution in [0.1, 0.15) is 28.7 Å². The van der Waals surface area contributed by atoms with E-state index in [0.717, 1.165) is 20.0 Å². The number of pyridine rings is 1. The molecule has 0 unspecified atom stereocenters. The third-order valence-electron chi connectivity index (χ3n) is 3.58. The first-order valence-corrected chi connectivity index (χ1v) is 9.32. The number of aromatic nitrogens is 3. The van der Waals surface area contributed by atoms with Crippen molar-refractivity contribution in [1.82, 2.24) is 14.8 Å². The molecule has 0 N–H and O–H groups in total. The molecule has 0 aliphatic rings. The Labute approximate surface area is 159 Å². The molecular weight excluding hydrogens is 430 g/mol. The van der Waals surface area contributed by atoms with E-state index in [-0.39, 0.29) is 12.3 Å². The molecule has 0 fully saturated rings. The van der Waals surface area contributed by atoms with Crippen molar-refractivity contribution in [2.24, 2.45) is 12.0 Å². The van der Waals surface area contributed by atoms with Gasteiger partial charge >= 0.3 is 12.4 Å². The van der Waals surface area contributed by atoms with Crippen molar-refractivity contribution in [2.75, 3.05) is 5.75 Å². The first-order chi connectivity index (χ1) is 13.2. The molecule has 29 heavy (non-hydrogen) atoms. The Morgan fingerprint density at radius 1 is 1.14 bits per heavy atom. The minimum atomic E-state index is -4.91. The zero-order valence-electron chi connectivity index (χ0n) is 14.7. The van der Waals surface area contributed by atoms with Crippen LogP contribution in [0, 0.1) is 0 Å². The Balaban J connectivity index is 2.63. The number of amides is 1. The fourth-order valence-corrected chi connectivity index (χ4v) is 3.13. The lowest BCUT2D eigenvalue weighted by molar-refractivity contribution is -0.142. The number of alkyl halides is 6. The lowest BCUT2D eigenvalue weighted by atomic mass is 10.2. The first kappa shape index (κ1) is 22.5. The standard InChI is InChI=1S/C15H12F6N4O3S/c1-3-29(27,28)9-6-8(14(16,17)18)7-22-12(9)13(26)23-11-5-4-10(15(19,20)21)24-25(11)2/h4-7H,3H2,1-2H3/b23-11+. The second-order valence-electron chi connectivity index (χ2n) is 5.59. The quantitative estimate of drug-likeness (QED) is 0.681. The summed E-state index contributed by atoms with van der Waals surface area (Å²) >= 11 is 0. The van der Waals surface area contributed by atoms with E-state index in [4.69, 9.17) is 0 Å². The summed E-state index contributed by atoms with van der Waals surface area (Å²) in [6, 6.07) is 1.60. The second-order valence-corrected chi connectivity index (χ2v) is 7.83. The van der Waals surface area contributed by atoms with Crippen LogP contribution >= 0.6 is 0 Å². The summed E-state index contributed by atoms with van der Waals surface area (Å²) in [7, 11) is -3.25. The van der Waals surface area contributed by atoms with Crippen molar-refractivity contribution in [3.63, 3.8) is 0 Å². The lowest BCUT2D eigenvalue weighted by Crippen LogP contribution is -2.26. The third-order valence-corrected chi connectivity index (χ3v) is 5.33. The van der Waals surface area contributed by atoms with Crippen molar-refractivity contribution >= 4 is 15.7 Å². The minimum absolute atomic E-state index is 0.263. The van der Waals surface area contributed by atoms with Gasteiger partial charge in [-0.15, -0.1) is 0 Å². The number of hydrogen-bond donors (Lipinski definition) is 0. The number of carbonyl (C=O) groups is 1. The topological polar surface area (TPSA) is 94.3 Å². The maximum absolute atomic E-state index is 12.9. The summed E-state index contributed by atoms with van der Waals surface area (Å²) in [6.45, 7) is 1.15. The predicted molar refractivity (Wildman–Crippen MR) is 85.1 cm³/mol. The smallest absolute Gasteiger partial charge is 0.265 e. The van der Waals surface area contributed by atoms with Crippen LogP contribution in [-0.4, -0.2) is 34.8 Å². The van der Waals surface area contributed by atoms with Crippen LogP contribution in [-0.2, 0) is 29.2 Å². The zero-order valence-corrected chi connectivity index (χ0v) is 15.5. The van der Waals surface area contributed by atoms with Crippen molar-refractivity contribution in [1.29, 1.82) is 0 Å². The molecule has 0 saturated carbocycles. The Hall–Kier alpha value is -2.77. The molecule has 1 amide bonds. The molecular formula is C15H12F6N4O3S. The molecule has 0 radical (unpaired) electrons. The molecule has 2 rings (SSSR count). The Morgan fingerprint density at radius 3 is 2.24 bits per heavy atom. The van der Waals surface area contributed by atoms with Gasteiger partial charge in [0.25, 0.3) is 5.91 Å². The summed E-state index contributed by atoms with van der Waals surface area (Å²) in [5.74, 6) is -1.98. The highest BCUT2D eigenvalue weighted by molar-refractivity contribution is 7.91. The van der Waals surface area contributed by atoms with Crippen molar-refractivity contribution < 1.29 is 39.6 Å². The van der Waals surface area contributed by atoms with Gasteiger partial charge in [-0.25, -0.2) is 13.4 Å². The second kappa shape index (κ2) is 7.57. The van der Waals surface area contributed by atoms with Crippen molar-refractivity contribution in [3.8, 4) is 0 Å². The average Bonchev–Trinajstić information content (AvgIpc) is 2.61. The number of sulfone groups is 1. The van der Waals surface area contributed by atoms with Crippen LogP contribution in [0.3, 0.4) is 0 Å². The molecule has 0 spiro atoms. The van der Waals surface area contributed by atoms with Crippen LogP contribution in [0.15, 0.2) is 34.3 Å². The van der Waals surface area contributed by atoms with Crippen LogP contribution < -0.4 is 5.49 Å². The Kier molecular flexibility index (Phi) is 5.88. The van der Waals surface area contributed by atoms with E-state index in [1.165, 1.54) is 0 Å². The molecule has 2 aromatic rings. The first-order valence-electron chi connectivity index (χ1n) is 7.67. The highest BCUT2D eigenvalue weighted by Gasteiger charge is 2.35. The fraction of sp³-hybridized carbons (Fsp3) is 0.333. The number of nitrogens with zero attached hydrogens (tertiary/aromatic N) is 4. The van der Waals surface area contributed by atoms with E-state index in [0.29, 0.717) is 10.7 Å². The molecule has 2 heterocycles. The molecule has 2 aromatic heterocycles. The highest BCUT2D eigenvalue weighted by atomic mass is 32.2. The van der Waals surface area contributed by atoms with Crippen molar-refractivity contribution in [2.45, 2.75) is 24.2 Å². The molecule has 0 aliphatic heterocycles. The molecule has 14 heteroatoms. The maximum atomic E-state index is 12.9. The summed E-state index contributed by atoms with van der Waals surface area (Å²) in [5.41, 5.74) is -3.94. The molecule has 158 valence electrons. The van der Waals surface area contributed by atoms with E-state index in [9.17, 15) is 39.6 Å². The van der Waals surface area contributed by atoms with Crippen LogP contribution in [0.4, 0.5) is 26.3 Å². The monoisotopic (exact) mass is 442 g/mol. The predicted octanol–water partition coefficient (Wildman–Crippen LogP) is 2.39. The van der Waals surface area contributed by atoms with E-state index < -0.39 is 61.2 Å². The normalized spacial score (nSPS) is 13.6. The molecule has 7 nitrogen and oxygen atoms in total. The summed E-state index contributed by atoms with van der Waals surface area (Å²) in [5, 5.41) is 3.18. The summed E-state index contributed by atoms with van der Waals surface area (Å²) in [4.78, 5) is 18.1. The van der Waals surface area contributed by atoms with Gasteiger partial charge in [0, 0.05) is 13.2 Å². The van der Waals surface area contributed by atoms with Crippen molar-refractivity contribution in [3.05, 3.63) is 46.8 Å². The van der Waals surface area contributed by atoms with Gasteiger partial charge in [0.05, 0.1) is 16.2 Å². The number of halogens is 6. The van der Waals surface area contributed by atoms with Gasteiger partial charge in [-0.3, -0.25) is 9.48 Å². The molecule has 0 aliphatic carbocycles. The van der Waals surface area contributed by atoms with Crippen LogP contribution in [0.25, 0.3) is 0 Å². The van der Waals surface area contributed by atoms with Gasteiger partial charge in [-0.1, -0.05) is 6.92 Å². The number of carbonyl (C=O) groups excluding carboxylic acids is 1. The lowest BCUT2D eigenvalue weighted by Gasteiger charge is -2.11. The largest absolute Gasteiger partial charge is 0.435 e. The van der Waals surface area contributed by atoms with Crippen LogP contribution in [0.5, 0.6) is 0 Å². The van der Waals surface area contributed by atoms with E-state index in [1.54, 1.807) is 0 Å². The van der Waals surface area contributed by atoms with Gasteiger partial charge in [0.15, 0.2) is 21.0 Å². The average molecular weight is 442 g/mol. The minimum Gasteiger partial charge on any atom is -0.265 e. The zero-order chi connectivity index (χ0) is 22.2. The third kappa shape index (κ3) is 4.99. The van der Waals surface area contributed by atoms with Gasteiger partial charge in [0.2, 0.25) is 0 Å². The van der Waals surface area contributed by atoms with E-state index in [1.807, 2.05) is 0 Å². The SMILES string of the molecule is CCS(=O)(=O)c1cc(C(F)(F)F)cnc1C(=O)/N=c1\ccc(C(F)(F)F)nn1C. The van der Waals surface area contributed by atoms with Gasteiger partial charge in [-0.2, -0.15) is 36.4 Å². The number of hydrogen-bond acceptors (Lipinski definition) is 5. The maximum Gasteiger partial charge on any atom is 0.435 e. The van der Waals surface area contributed by atoms with E-state index >= 15 is 0 Å². The highest BCUT2D eigenvalue weighted by Crippen LogP contribution is 2.31. The Bertz CT molecular complexity index is 1120. The number of aryl methyl sites for hydroxylation is 1. The van der Waals surface area contributed by atoms with Gasteiger partial charge < -0.3 is 0 Å². The van der Waals surface area contributed by atoms with Gasteiger partial charge in [-0.05, 0) is 18.2 Å². The molecule has 0 atom stereocenters. The molecule has 0 aromatic carbocycles. The fourth-order valence-electron chi connectivity index (χ4n) is 2.08. The van der Waals surface area contributed by atoms with Crippen LogP contribution in [0.2, 0.25) is 0 Å². The van der Waals surface area contributed by atoms with E-state index in [2.05, 4.69) is 15.1 Å². The molecule has 0 saturated heterocycles.